The number of nitrogens with zero attached hydrogens (tertiary/aromatic N) is 1. The number of fused-ring (bicyclic) bond motifs is 1. The van der Waals surface area contributed by atoms with Gasteiger partial charge in [0.1, 0.15) is 0 Å². The van der Waals surface area contributed by atoms with Crippen LogP contribution in [-0.4, -0.2) is 15.6 Å². The van der Waals surface area contributed by atoms with E-state index in [4.69, 9.17) is 5.11 Å². The number of para-hydroxylation sites is 1. The smallest absolute Gasteiger partial charge is 0.303 e. The van der Waals surface area contributed by atoms with Crippen LogP contribution in [0.2, 0.25) is 0 Å². The second kappa shape index (κ2) is 4.41. The largest absolute Gasteiger partial charge is 0.481 e. The Bertz CT molecular complexity index is 637. The van der Waals surface area contributed by atoms with Crippen LogP contribution in [0, 0.1) is 12.8 Å². The highest BCUT2D eigenvalue weighted by Gasteiger charge is 2.35. The molecule has 3 nitrogen and oxygen atoms in total. The average molecular weight is 257 g/mol. The SMILES string of the molecule is Cc1cccc2c(C(CC(=O)O)C3CC3)cn(C)c12. The van der Waals surface area contributed by atoms with Crippen molar-refractivity contribution in [2.45, 2.75) is 32.1 Å². The Balaban J connectivity index is 2.13. The molecule has 1 aliphatic carbocycles. The third-order valence-electron chi connectivity index (χ3n) is 4.22. The molecule has 1 N–H and O–H groups in total. The number of carboxylic acids is 1. The molecule has 1 unspecified atom stereocenters. The van der Waals surface area contributed by atoms with Gasteiger partial charge in [0.25, 0.3) is 0 Å². The third-order valence-corrected chi connectivity index (χ3v) is 4.22. The predicted octanol–water partition coefficient (Wildman–Crippen LogP) is 3.46. The molecule has 0 spiro atoms. The van der Waals surface area contributed by atoms with E-state index < -0.39 is 5.97 Å². The van der Waals surface area contributed by atoms with Crippen molar-refractivity contribution >= 4 is 16.9 Å². The molecule has 1 heterocycles. The van der Waals surface area contributed by atoms with Crippen LogP contribution in [0.3, 0.4) is 0 Å². The molecule has 3 heteroatoms. The molecule has 1 fully saturated rings. The van der Waals surface area contributed by atoms with Crippen molar-refractivity contribution < 1.29 is 9.90 Å². The van der Waals surface area contributed by atoms with E-state index in [2.05, 4.69) is 35.9 Å². The van der Waals surface area contributed by atoms with Crippen LogP contribution in [0.5, 0.6) is 0 Å². The van der Waals surface area contributed by atoms with E-state index in [1.54, 1.807) is 0 Å². The summed E-state index contributed by atoms with van der Waals surface area (Å²) in [6, 6.07) is 6.29. The molecule has 0 amide bonds. The molecule has 0 radical (unpaired) electrons. The van der Waals surface area contributed by atoms with E-state index in [1.807, 2.05) is 7.05 Å². The number of carboxylic acid groups (broad SMARTS) is 1. The van der Waals surface area contributed by atoms with Gasteiger partial charge in [-0.05, 0) is 42.7 Å². The molecule has 0 bridgehead atoms. The number of aliphatic carboxylic acids is 1. The Morgan fingerprint density at radius 1 is 1.47 bits per heavy atom. The van der Waals surface area contributed by atoms with E-state index in [9.17, 15) is 4.79 Å². The summed E-state index contributed by atoms with van der Waals surface area (Å²) >= 11 is 0. The van der Waals surface area contributed by atoms with Crippen LogP contribution in [0.4, 0.5) is 0 Å². The lowest BCUT2D eigenvalue weighted by Gasteiger charge is -2.13. The summed E-state index contributed by atoms with van der Waals surface area (Å²) in [6.45, 7) is 2.11. The molecule has 2 aromatic rings. The summed E-state index contributed by atoms with van der Waals surface area (Å²) in [5.74, 6) is 0.0340. The van der Waals surface area contributed by atoms with Gasteiger partial charge in [-0.15, -0.1) is 0 Å². The fourth-order valence-electron chi connectivity index (χ4n) is 3.22. The van der Waals surface area contributed by atoms with E-state index in [0.29, 0.717) is 5.92 Å². The van der Waals surface area contributed by atoms with Crippen molar-refractivity contribution in [2.75, 3.05) is 0 Å². The molecule has 0 saturated heterocycles. The highest BCUT2D eigenvalue weighted by Crippen LogP contribution is 2.46. The molecule has 1 aromatic carbocycles. The van der Waals surface area contributed by atoms with E-state index in [-0.39, 0.29) is 12.3 Å². The van der Waals surface area contributed by atoms with Crippen molar-refractivity contribution in [3.05, 3.63) is 35.5 Å². The zero-order valence-corrected chi connectivity index (χ0v) is 11.4. The number of aryl methyl sites for hydroxylation is 2. The second-order valence-electron chi connectivity index (χ2n) is 5.71. The first-order valence-electron chi connectivity index (χ1n) is 6.84. The van der Waals surface area contributed by atoms with Crippen LogP contribution in [0.1, 0.15) is 36.3 Å². The molecule has 1 aliphatic rings. The Labute approximate surface area is 112 Å². The predicted molar refractivity (Wildman–Crippen MR) is 75.4 cm³/mol. The average Bonchev–Trinajstić information content (AvgIpc) is 3.12. The van der Waals surface area contributed by atoms with Gasteiger partial charge in [-0.2, -0.15) is 0 Å². The van der Waals surface area contributed by atoms with Crippen LogP contribution in [-0.2, 0) is 11.8 Å². The van der Waals surface area contributed by atoms with Gasteiger partial charge in [-0.3, -0.25) is 4.79 Å². The highest BCUT2D eigenvalue weighted by molar-refractivity contribution is 5.87. The van der Waals surface area contributed by atoms with Gasteiger partial charge < -0.3 is 9.67 Å². The Kier molecular flexibility index (Phi) is 2.85. The van der Waals surface area contributed by atoms with Gasteiger partial charge in [-0.1, -0.05) is 18.2 Å². The standard InChI is InChI=1S/C16H19NO2/c1-10-4-3-5-12-14(9-17(2)16(10)12)13(8-15(18)19)11-6-7-11/h3-5,9,11,13H,6-8H2,1-2H3,(H,18,19). The number of rotatable bonds is 4. The monoisotopic (exact) mass is 257 g/mol. The quantitative estimate of drug-likeness (QED) is 0.911. The van der Waals surface area contributed by atoms with Crippen LogP contribution in [0.25, 0.3) is 10.9 Å². The maximum absolute atomic E-state index is 11.1. The topological polar surface area (TPSA) is 42.2 Å². The minimum Gasteiger partial charge on any atom is -0.481 e. The first kappa shape index (κ1) is 12.3. The molecule has 1 aromatic heterocycles. The van der Waals surface area contributed by atoms with Gasteiger partial charge in [0, 0.05) is 18.6 Å². The summed E-state index contributed by atoms with van der Waals surface area (Å²) in [4.78, 5) is 11.1. The summed E-state index contributed by atoms with van der Waals surface area (Å²) in [5, 5.41) is 10.4. The van der Waals surface area contributed by atoms with Crippen LogP contribution < -0.4 is 0 Å². The maximum Gasteiger partial charge on any atom is 0.303 e. The zero-order chi connectivity index (χ0) is 13.6. The van der Waals surface area contributed by atoms with Crippen molar-refractivity contribution in [3.8, 4) is 0 Å². The number of hydrogen-bond acceptors (Lipinski definition) is 1. The van der Waals surface area contributed by atoms with Crippen molar-refractivity contribution in [3.63, 3.8) is 0 Å². The van der Waals surface area contributed by atoms with Gasteiger partial charge in [0.15, 0.2) is 0 Å². The first-order valence-corrected chi connectivity index (χ1v) is 6.84. The molecule has 100 valence electrons. The lowest BCUT2D eigenvalue weighted by Crippen LogP contribution is -2.08. The highest BCUT2D eigenvalue weighted by atomic mass is 16.4. The molecule has 1 saturated carbocycles. The minimum absolute atomic E-state index is 0.169. The lowest BCUT2D eigenvalue weighted by atomic mass is 9.90. The van der Waals surface area contributed by atoms with Crippen LogP contribution in [0.15, 0.2) is 24.4 Å². The van der Waals surface area contributed by atoms with Gasteiger partial charge in [-0.25, -0.2) is 0 Å². The van der Waals surface area contributed by atoms with E-state index in [0.717, 1.165) is 0 Å². The van der Waals surface area contributed by atoms with Crippen molar-refractivity contribution in [1.29, 1.82) is 0 Å². The number of benzene rings is 1. The van der Waals surface area contributed by atoms with Crippen molar-refractivity contribution in [1.82, 2.24) is 4.57 Å². The Hall–Kier alpha value is -1.77. The third kappa shape index (κ3) is 2.14. The van der Waals surface area contributed by atoms with E-state index >= 15 is 0 Å². The molecule has 3 rings (SSSR count). The summed E-state index contributed by atoms with van der Waals surface area (Å²) in [6.07, 6.45) is 4.71. The fourth-order valence-corrected chi connectivity index (χ4v) is 3.22. The molecule has 1 atom stereocenters. The Morgan fingerprint density at radius 3 is 2.84 bits per heavy atom. The normalized spacial score (nSPS) is 16.7. The van der Waals surface area contributed by atoms with Crippen molar-refractivity contribution in [2.24, 2.45) is 13.0 Å². The Morgan fingerprint density at radius 2 is 2.21 bits per heavy atom. The summed E-state index contributed by atoms with van der Waals surface area (Å²) in [7, 11) is 2.05. The lowest BCUT2D eigenvalue weighted by molar-refractivity contribution is -0.137. The molecule has 19 heavy (non-hydrogen) atoms. The number of carbonyl (C=O) groups is 1. The number of hydrogen-bond donors (Lipinski definition) is 1. The maximum atomic E-state index is 11.1. The van der Waals surface area contributed by atoms with E-state index in [1.165, 1.54) is 34.9 Å². The fraction of sp³-hybridized carbons (Fsp3) is 0.438. The van der Waals surface area contributed by atoms with Gasteiger partial charge in [0.2, 0.25) is 0 Å². The molecule has 0 aliphatic heterocycles. The molecular formula is C16H19NO2. The van der Waals surface area contributed by atoms with Crippen LogP contribution >= 0.6 is 0 Å². The van der Waals surface area contributed by atoms with Gasteiger partial charge in [0.05, 0.1) is 11.9 Å². The molecular weight excluding hydrogens is 238 g/mol. The first-order chi connectivity index (χ1) is 9.08. The summed E-state index contributed by atoms with van der Waals surface area (Å²) < 4.78 is 2.14. The number of aromatic nitrogens is 1. The summed E-state index contributed by atoms with van der Waals surface area (Å²) in [5.41, 5.74) is 3.69. The minimum atomic E-state index is -0.693. The second-order valence-corrected chi connectivity index (χ2v) is 5.71. The zero-order valence-electron chi connectivity index (χ0n) is 11.4. The van der Waals surface area contributed by atoms with Gasteiger partial charge >= 0.3 is 5.97 Å².